The number of carbonyl (C=O) groups excluding carboxylic acids is 2. The maximum Gasteiger partial charge on any atom is 0.303 e. The van der Waals surface area contributed by atoms with Crippen LogP contribution in [0.5, 0.6) is 0 Å². The second-order valence-electron chi connectivity index (χ2n) is 5.58. The van der Waals surface area contributed by atoms with Crippen LogP contribution in [0.4, 0.5) is 0 Å². The zero-order valence-corrected chi connectivity index (χ0v) is 15.9. The van der Waals surface area contributed by atoms with Crippen molar-refractivity contribution in [1.29, 1.82) is 5.41 Å². The highest BCUT2D eigenvalue weighted by atomic mass is 35.6. The lowest BCUT2D eigenvalue weighted by atomic mass is 9.83. The molecule has 5 atom stereocenters. The Kier molecular flexibility index (Phi) is 7.59. The van der Waals surface area contributed by atoms with Crippen LogP contribution in [0.15, 0.2) is 0 Å². The molecule has 0 aromatic carbocycles. The summed E-state index contributed by atoms with van der Waals surface area (Å²) in [5.74, 6) is -1.98. The zero-order valence-electron chi connectivity index (χ0n) is 13.7. The maximum atomic E-state index is 11.4. The molecule has 0 aromatic heterocycles. The highest BCUT2D eigenvalue weighted by Crippen LogP contribution is 2.36. The van der Waals surface area contributed by atoms with E-state index in [1.807, 2.05) is 13.8 Å². The highest BCUT2D eigenvalue weighted by molar-refractivity contribution is 6.76. The van der Waals surface area contributed by atoms with Crippen molar-refractivity contribution >= 4 is 52.6 Å². The molecule has 0 spiro atoms. The Morgan fingerprint density at radius 1 is 1.08 bits per heavy atom. The second kappa shape index (κ2) is 8.56. The van der Waals surface area contributed by atoms with Gasteiger partial charge in [-0.15, -0.1) is 0 Å². The van der Waals surface area contributed by atoms with Gasteiger partial charge in [-0.05, 0) is 5.92 Å². The van der Waals surface area contributed by atoms with Crippen LogP contribution in [0, 0.1) is 17.2 Å². The highest BCUT2D eigenvalue weighted by Gasteiger charge is 2.46. The van der Waals surface area contributed by atoms with E-state index in [0.717, 1.165) is 0 Å². The first-order chi connectivity index (χ1) is 10.9. The van der Waals surface area contributed by atoms with Gasteiger partial charge in [-0.3, -0.25) is 15.0 Å². The lowest BCUT2D eigenvalue weighted by Crippen LogP contribution is -2.54. The van der Waals surface area contributed by atoms with Crippen LogP contribution >= 0.6 is 34.8 Å². The minimum Gasteiger partial charge on any atom is -0.463 e. The lowest BCUT2D eigenvalue weighted by Gasteiger charge is -2.43. The van der Waals surface area contributed by atoms with Gasteiger partial charge in [0.2, 0.25) is 12.2 Å². The molecule has 3 unspecified atom stereocenters. The number of carbonyl (C=O) groups is 2. The first-order valence-corrected chi connectivity index (χ1v) is 8.35. The van der Waals surface area contributed by atoms with Gasteiger partial charge >= 0.3 is 11.9 Å². The van der Waals surface area contributed by atoms with E-state index in [1.165, 1.54) is 13.8 Å². The van der Waals surface area contributed by atoms with Crippen molar-refractivity contribution in [1.82, 2.24) is 0 Å². The third-order valence-electron chi connectivity index (χ3n) is 3.76. The van der Waals surface area contributed by atoms with Crippen molar-refractivity contribution in [2.24, 2.45) is 11.8 Å². The molecule has 1 aliphatic heterocycles. The van der Waals surface area contributed by atoms with E-state index in [1.54, 1.807) is 0 Å². The van der Waals surface area contributed by atoms with Crippen molar-refractivity contribution in [2.75, 3.05) is 6.61 Å². The van der Waals surface area contributed by atoms with Crippen molar-refractivity contribution in [3.05, 3.63) is 0 Å². The molecule has 1 N–H and O–H groups in total. The maximum absolute atomic E-state index is 11.4. The van der Waals surface area contributed by atoms with Gasteiger partial charge in [0, 0.05) is 19.8 Å². The Morgan fingerprint density at radius 2 is 1.67 bits per heavy atom. The Morgan fingerprint density at radius 3 is 2.12 bits per heavy atom. The summed E-state index contributed by atoms with van der Waals surface area (Å²) in [6.07, 6.45) is -2.49. The molecule has 0 aliphatic carbocycles. The minimum absolute atomic E-state index is 0.00536. The van der Waals surface area contributed by atoms with Crippen LogP contribution in [-0.4, -0.2) is 46.7 Å². The molecule has 0 bridgehead atoms. The lowest BCUT2D eigenvalue weighted by molar-refractivity contribution is -0.258. The van der Waals surface area contributed by atoms with E-state index in [-0.39, 0.29) is 18.4 Å². The Balaban J connectivity index is 2.95. The van der Waals surface area contributed by atoms with Crippen LogP contribution in [0.25, 0.3) is 0 Å². The molecule has 10 heteroatoms. The number of alkyl halides is 3. The van der Waals surface area contributed by atoms with Crippen molar-refractivity contribution in [3.63, 3.8) is 0 Å². The zero-order chi connectivity index (χ0) is 18.7. The van der Waals surface area contributed by atoms with Crippen molar-refractivity contribution in [2.45, 2.75) is 50.0 Å². The fraction of sp³-hybridized carbons (Fsp3) is 0.786. The van der Waals surface area contributed by atoms with Crippen LogP contribution in [0.3, 0.4) is 0 Å². The van der Waals surface area contributed by atoms with Gasteiger partial charge in [0.1, 0.15) is 6.61 Å². The molecule has 0 saturated carbocycles. The molecule has 24 heavy (non-hydrogen) atoms. The van der Waals surface area contributed by atoms with Gasteiger partial charge in [-0.25, -0.2) is 0 Å². The van der Waals surface area contributed by atoms with Crippen molar-refractivity contribution in [3.8, 4) is 0 Å². The molecular weight excluding hydrogens is 385 g/mol. The standard InChI is InChI=1S/C14H20Cl3NO6/c1-6-7(2)11(22-9(4)20)12(24-13(18)14(15,16)17)23-10(6)5-21-8(3)19/h6-7,10-12,18H,5H2,1-4H3/t6?,7-,10?,11?,12+/m0/s1. The number of halogens is 3. The molecule has 1 rings (SSSR count). The third-order valence-corrected chi connectivity index (χ3v) is 4.27. The quantitative estimate of drug-likeness (QED) is 0.335. The molecular formula is C14H20Cl3NO6. The topological polar surface area (TPSA) is 94.9 Å². The molecule has 1 fully saturated rings. The van der Waals surface area contributed by atoms with E-state index < -0.39 is 40.1 Å². The second-order valence-corrected chi connectivity index (χ2v) is 7.86. The number of hydrogen-bond acceptors (Lipinski definition) is 7. The average Bonchev–Trinajstić information content (AvgIpc) is 2.43. The normalized spacial score (nSPS) is 30.4. The molecule has 1 aliphatic rings. The van der Waals surface area contributed by atoms with Crippen LogP contribution < -0.4 is 0 Å². The SMILES string of the molecule is CC(=O)OCC1O[C@H](OC(=N)C(Cl)(Cl)Cl)C(OC(C)=O)[C@@H](C)C1C. The van der Waals surface area contributed by atoms with E-state index in [9.17, 15) is 9.59 Å². The first kappa shape index (κ1) is 21.3. The fourth-order valence-corrected chi connectivity index (χ4v) is 2.42. The summed E-state index contributed by atoms with van der Waals surface area (Å²) >= 11 is 16.8. The summed E-state index contributed by atoms with van der Waals surface area (Å²) in [5, 5.41) is 7.68. The fourth-order valence-electron chi connectivity index (χ4n) is 2.28. The number of ether oxygens (including phenoxy) is 4. The predicted molar refractivity (Wildman–Crippen MR) is 88.3 cm³/mol. The average molecular weight is 405 g/mol. The van der Waals surface area contributed by atoms with E-state index >= 15 is 0 Å². The van der Waals surface area contributed by atoms with Gasteiger partial charge in [0.15, 0.2) is 6.10 Å². The van der Waals surface area contributed by atoms with Crippen molar-refractivity contribution < 1.29 is 28.5 Å². The van der Waals surface area contributed by atoms with E-state index in [2.05, 4.69) is 0 Å². The van der Waals surface area contributed by atoms with Crippen LogP contribution in [0.2, 0.25) is 0 Å². The van der Waals surface area contributed by atoms with Gasteiger partial charge in [-0.2, -0.15) is 0 Å². The first-order valence-electron chi connectivity index (χ1n) is 7.22. The third kappa shape index (κ3) is 5.95. The van der Waals surface area contributed by atoms with E-state index in [4.69, 9.17) is 59.2 Å². The smallest absolute Gasteiger partial charge is 0.303 e. The summed E-state index contributed by atoms with van der Waals surface area (Å²) in [6.45, 7) is 6.22. The van der Waals surface area contributed by atoms with Gasteiger partial charge < -0.3 is 18.9 Å². The molecule has 0 aromatic rings. The monoisotopic (exact) mass is 403 g/mol. The molecule has 1 heterocycles. The van der Waals surface area contributed by atoms with Crippen LogP contribution in [0.1, 0.15) is 27.7 Å². The van der Waals surface area contributed by atoms with Gasteiger partial charge in [0.05, 0.1) is 6.10 Å². The van der Waals surface area contributed by atoms with E-state index in [0.29, 0.717) is 0 Å². The number of esters is 2. The predicted octanol–water partition coefficient (Wildman–Crippen LogP) is 2.84. The molecule has 138 valence electrons. The van der Waals surface area contributed by atoms with Gasteiger partial charge in [0.25, 0.3) is 3.79 Å². The number of rotatable bonds is 4. The summed E-state index contributed by atoms with van der Waals surface area (Å²) < 4.78 is 19.1. The number of hydrogen-bond donors (Lipinski definition) is 1. The summed E-state index contributed by atoms with van der Waals surface area (Å²) in [5.41, 5.74) is 0. The summed E-state index contributed by atoms with van der Waals surface area (Å²) in [7, 11) is 0. The minimum atomic E-state index is -2.08. The van der Waals surface area contributed by atoms with Gasteiger partial charge in [-0.1, -0.05) is 48.7 Å². The Hall–Kier alpha value is -0.760. The Labute approximate surface area is 155 Å². The molecule has 0 radical (unpaired) electrons. The Bertz CT molecular complexity index is 493. The van der Waals surface area contributed by atoms with Crippen LogP contribution in [-0.2, 0) is 28.5 Å². The largest absolute Gasteiger partial charge is 0.463 e. The number of nitrogens with one attached hydrogen (secondary N) is 1. The molecule has 7 nitrogen and oxygen atoms in total. The molecule has 1 saturated heterocycles. The summed E-state index contributed by atoms with van der Waals surface area (Å²) in [4.78, 5) is 22.4. The molecule has 0 amide bonds. The summed E-state index contributed by atoms with van der Waals surface area (Å²) in [6, 6.07) is 0.